The number of hydrogen-bond donors (Lipinski definition) is 0. The van der Waals surface area contributed by atoms with Crippen LogP contribution in [0.25, 0.3) is 0 Å². The van der Waals surface area contributed by atoms with Crippen LogP contribution in [-0.2, 0) is 22.5 Å². The average molecular weight is 329 g/mol. The van der Waals surface area contributed by atoms with Crippen molar-refractivity contribution < 1.29 is 14.3 Å². The Kier molecular flexibility index (Phi) is 4.48. The highest BCUT2D eigenvalue weighted by molar-refractivity contribution is 7.10. The molecule has 23 heavy (non-hydrogen) atoms. The predicted octanol–water partition coefficient (Wildman–Crippen LogP) is 3.11. The maximum atomic E-state index is 12.2. The Morgan fingerprint density at radius 3 is 2.83 bits per heavy atom. The molecule has 1 aromatic carbocycles. The monoisotopic (exact) mass is 329 g/mol. The molecule has 0 aliphatic carbocycles. The van der Waals surface area contributed by atoms with Gasteiger partial charge in [0.25, 0.3) is 5.91 Å². The van der Waals surface area contributed by atoms with Gasteiger partial charge >= 0.3 is 5.97 Å². The Morgan fingerprint density at radius 2 is 2.04 bits per heavy atom. The zero-order valence-electron chi connectivity index (χ0n) is 13.3. The van der Waals surface area contributed by atoms with Gasteiger partial charge in [-0.1, -0.05) is 6.07 Å². The van der Waals surface area contributed by atoms with Crippen molar-refractivity contribution in [2.75, 3.05) is 13.2 Å². The minimum absolute atomic E-state index is 0.140. The molecule has 0 radical (unpaired) electrons. The number of hydrogen-bond acceptors (Lipinski definition) is 4. The highest BCUT2D eigenvalue weighted by Crippen LogP contribution is 2.24. The van der Waals surface area contributed by atoms with Crippen molar-refractivity contribution in [1.82, 2.24) is 4.90 Å². The fourth-order valence-corrected chi connectivity index (χ4v) is 3.52. The fourth-order valence-electron chi connectivity index (χ4n) is 2.63. The molecule has 0 saturated heterocycles. The molecule has 0 saturated carbocycles. The van der Waals surface area contributed by atoms with Crippen LogP contribution in [0.2, 0.25) is 0 Å². The number of carbonyl (C=O) groups excluding carboxylic acids is 2. The lowest BCUT2D eigenvalue weighted by Crippen LogP contribution is -2.38. The van der Waals surface area contributed by atoms with Crippen LogP contribution in [0.15, 0.2) is 29.6 Å². The van der Waals surface area contributed by atoms with Crippen LogP contribution in [0.1, 0.15) is 31.9 Å². The minimum Gasteiger partial charge on any atom is -0.452 e. The number of thiophene rings is 1. The van der Waals surface area contributed by atoms with Gasteiger partial charge in [-0.05, 0) is 60.5 Å². The van der Waals surface area contributed by atoms with Gasteiger partial charge in [0.2, 0.25) is 0 Å². The van der Waals surface area contributed by atoms with E-state index < -0.39 is 5.97 Å². The molecule has 0 unspecified atom stereocenters. The third-order valence-electron chi connectivity index (χ3n) is 4.23. The summed E-state index contributed by atoms with van der Waals surface area (Å²) in [4.78, 5) is 27.4. The van der Waals surface area contributed by atoms with E-state index in [0.717, 1.165) is 17.5 Å². The number of amides is 1. The average Bonchev–Trinajstić information content (AvgIpc) is 3.02. The third-order valence-corrected chi connectivity index (χ3v) is 5.25. The van der Waals surface area contributed by atoms with Crippen molar-refractivity contribution in [3.05, 3.63) is 56.8 Å². The van der Waals surface area contributed by atoms with E-state index in [1.54, 1.807) is 28.4 Å². The first-order valence-electron chi connectivity index (χ1n) is 7.62. The summed E-state index contributed by atoms with van der Waals surface area (Å²) in [6, 6.07) is 7.46. The summed E-state index contributed by atoms with van der Waals surface area (Å²) < 4.78 is 5.18. The Bertz CT molecular complexity index is 750. The van der Waals surface area contributed by atoms with Crippen molar-refractivity contribution in [3.8, 4) is 0 Å². The first-order valence-corrected chi connectivity index (χ1v) is 8.50. The zero-order chi connectivity index (χ0) is 16.4. The topological polar surface area (TPSA) is 46.6 Å². The van der Waals surface area contributed by atoms with E-state index in [9.17, 15) is 9.59 Å². The maximum Gasteiger partial charge on any atom is 0.338 e. The lowest BCUT2D eigenvalue weighted by molar-refractivity contribution is -0.135. The standard InChI is InChI=1S/C18H19NO3S/c1-12-3-4-14(9-13(12)2)18(21)22-11-17(20)19-7-5-16-15(10-19)6-8-23-16/h3-4,6,8-9H,5,7,10-11H2,1-2H3. The Hall–Kier alpha value is -2.14. The molecule has 0 bridgehead atoms. The van der Waals surface area contributed by atoms with Crippen LogP contribution >= 0.6 is 11.3 Å². The summed E-state index contributed by atoms with van der Waals surface area (Å²) in [6.45, 7) is 5.03. The molecule has 2 aromatic rings. The highest BCUT2D eigenvalue weighted by Gasteiger charge is 2.22. The lowest BCUT2D eigenvalue weighted by atomic mass is 10.1. The summed E-state index contributed by atoms with van der Waals surface area (Å²) >= 11 is 1.73. The van der Waals surface area contributed by atoms with Crippen LogP contribution in [0.4, 0.5) is 0 Å². The number of rotatable bonds is 3. The maximum absolute atomic E-state index is 12.2. The van der Waals surface area contributed by atoms with Gasteiger partial charge in [-0.15, -0.1) is 11.3 Å². The van der Waals surface area contributed by atoms with E-state index in [1.807, 2.05) is 19.9 Å². The molecule has 3 rings (SSSR count). The number of carbonyl (C=O) groups is 2. The molecule has 2 heterocycles. The van der Waals surface area contributed by atoms with Crippen LogP contribution < -0.4 is 0 Å². The summed E-state index contributed by atoms with van der Waals surface area (Å²) in [5.41, 5.74) is 3.85. The van der Waals surface area contributed by atoms with Crippen molar-refractivity contribution in [3.63, 3.8) is 0 Å². The van der Waals surface area contributed by atoms with Gasteiger partial charge in [0.1, 0.15) is 0 Å². The largest absolute Gasteiger partial charge is 0.452 e. The molecular formula is C18H19NO3S. The van der Waals surface area contributed by atoms with Gasteiger partial charge < -0.3 is 9.64 Å². The molecule has 1 aromatic heterocycles. The molecule has 0 fully saturated rings. The SMILES string of the molecule is Cc1ccc(C(=O)OCC(=O)N2CCc3sccc3C2)cc1C. The quantitative estimate of drug-likeness (QED) is 0.813. The molecule has 1 amide bonds. The highest BCUT2D eigenvalue weighted by atomic mass is 32.1. The van der Waals surface area contributed by atoms with Gasteiger partial charge in [0.15, 0.2) is 6.61 Å². The summed E-state index contributed by atoms with van der Waals surface area (Å²) in [5.74, 6) is -0.589. The number of esters is 1. The van der Waals surface area contributed by atoms with Crippen molar-refractivity contribution in [2.24, 2.45) is 0 Å². The van der Waals surface area contributed by atoms with Crippen LogP contribution in [0.3, 0.4) is 0 Å². The molecular weight excluding hydrogens is 310 g/mol. The van der Waals surface area contributed by atoms with Crippen molar-refractivity contribution in [2.45, 2.75) is 26.8 Å². The van der Waals surface area contributed by atoms with Crippen LogP contribution in [-0.4, -0.2) is 29.9 Å². The van der Waals surface area contributed by atoms with Gasteiger partial charge in [-0.2, -0.15) is 0 Å². The Morgan fingerprint density at radius 1 is 1.22 bits per heavy atom. The minimum atomic E-state index is -0.449. The Balaban J connectivity index is 1.57. The van der Waals surface area contributed by atoms with Gasteiger partial charge in [0.05, 0.1) is 5.56 Å². The summed E-state index contributed by atoms with van der Waals surface area (Å²) in [7, 11) is 0. The normalized spacial score (nSPS) is 13.6. The molecule has 0 spiro atoms. The molecule has 4 nitrogen and oxygen atoms in total. The number of benzene rings is 1. The second-order valence-corrected chi connectivity index (χ2v) is 6.81. The predicted molar refractivity (Wildman–Crippen MR) is 89.6 cm³/mol. The van der Waals surface area contributed by atoms with Crippen LogP contribution in [0.5, 0.6) is 0 Å². The third kappa shape index (κ3) is 3.45. The smallest absolute Gasteiger partial charge is 0.338 e. The van der Waals surface area contributed by atoms with E-state index in [4.69, 9.17) is 4.74 Å². The number of nitrogens with zero attached hydrogens (tertiary/aromatic N) is 1. The van der Waals surface area contributed by atoms with E-state index in [0.29, 0.717) is 18.7 Å². The first kappa shape index (κ1) is 15.7. The van der Waals surface area contributed by atoms with Crippen LogP contribution in [0, 0.1) is 13.8 Å². The summed E-state index contributed by atoms with van der Waals surface area (Å²) in [6.07, 6.45) is 0.879. The van der Waals surface area contributed by atoms with Gasteiger partial charge in [-0.3, -0.25) is 4.79 Å². The molecule has 1 aliphatic rings. The fraction of sp³-hybridized carbons (Fsp3) is 0.333. The molecule has 0 atom stereocenters. The van der Waals surface area contributed by atoms with Crippen molar-refractivity contribution in [1.29, 1.82) is 0 Å². The van der Waals surface area contributed by atoms with Gasteiger partial charge in [-0.25, -0.2) is 4.79 Å². The first-order chi connectivity index (χ1) is 11.0. The van der Waals surface area contributed by atoms with Gasteiger partial charge in [0, 0.05) is 18.0 Å². The second kappa shape index (κ2) is 6.54. The molecule has 0 N–H and O–H groups in total. The number of aryl methyl sites for hydroxylation is 2. The molecule has 1 aliphatic heterocycles. The number of ether oxygens (including phenoxy) is 1. The van der Waals surface area contributed by atoms with E-state index in [1.165, 1.54) is 10.4 Å². The summed E-state index contributed by atoms with van der Waals surface area (Å²) in [5, 5.41) is 2.05. The van der Waals surface area contributed by atoms with E-state index in [2.05, 4.69) is 11.4 Å². The molecule has 5 heteroatoms. The zero-order valence-corrected chi connectivity index (χ0v) is 14.1. The second-order valence-electron chi connectivity index (χ2n) is 5.81. The number of fused-ring (bicyclic) bond motifs is 1. The lowest BCUT2D eigenvalue weighted by Gasteiger charge is -2.26. The van der Waals surface area contributed by atoms with E-state index >= 15 is 0 Å². The van der Waals surface area contributed by atoms with Crippen molar-refractivity contribution >= 4 is 23.2 Å². The molecule has 120 valence electrons. The van der Waals surface area contributed by atoms with E-state index in [-0.39, 0.29) is 12.5 Å². The Labute approximate surface area is 139 Å².